The van der Waals surface area contributed by atoms with E-state index in [1.54, 1.807) is 32.0 Å². The highest BCUT2D eigenvalue weighted by atomic mass is 79.9. The van der Waals surface area contributed by atoms with E-state index in [0.29, 0.717) is 16.8 Å². The quantitative estimate of drug-likeness (QED) is 0.831. The summed E-state index contributed by atoms with van der Waals surface area (Å²) in [6, 6.07) is 5.04. The van der Waals surface area contributed by atoms with Crippen molar-refractivity contribution in [2.45, 2.75) is 18.7 Å². The molecule has 0 saturated heterocycles. The van der Waals surface area contributed by atoms with Crippen LogP contribution in [-0.4, -0.2) is 16.6 Å². The zero-order chi connectivity index (χ0) is 12.3. The van der Waals surface area contributed by atoms with Gasteiger partial charge in [0.1, 0.15) is 0 Å². The standard InChI is InChI=1S/C11H13BrN2O2/c1-6-8(10(13)15)4-3-5-9(6)14-11(16)7(2)12/h3-5,7H,1-2H3,(H2,13,15)(H,14,16). The molecular weight excluding hydrogens is 272 g/mol. The van der Waals surface area contributed by atoms with Crippen molar-refractivity contribution >= 4 is 33.4 Å². The fourth-order valence-corrected chi connectivity index (χ4v) is 1.38. The van der Waals surface area contributed by atoms with Crippen molar-refractivity contribution in [2.75, 3.05) is 5.32 Å². The number of nitrogens with one attached hydrogen (secondary N) is 1. The molecule has 0 saturated carbocycles. The van der Waals surface area contributed by atoms with E-state index in [9.17, 15) is 9.59 Å². The lowest BCUT2D eigenvalue weighted by Gasteiger charge is -2.11. The van der Waals surface area contributed by atoms with E-state index < -0.39 is 5.91 Å². The molecule has 0 radical (unpaired) electrons. The topological polar surface area (TPSA) is 72.2 Å². The number of carbonyl (C=O) groups is 2. The minimum atomic E-state index is -0.500. The second-order valence-electron chi connectivity index (χ2n) is 3.45. The number of hydrogen-bond acceptors (Lipinski definition) is 2. The Morgan fingerprint density at radius 2 is 2.06 bits per heavy atom. The molecule has 1 unspecified atom stereocenters. The summed E-state index contributed by atoms with van der Waals surface area (Å²) in [5.74, 6) is -0.662. The van der Waals surface area contributed by atoms with Crippen LogP contribution in [0, 0.1) is 6.92 Å². The van der Waals surface area contributed by atoms with Gasteiger partial charge < -0.3 is 11.1 Å². The molecule has 1 rings (SSSR count). The number of anilines is 1. The van der Waals surface area contributed by atoms with Crippen molar-refractivity contribution in [3.05, 3.63) is 29.3 Å². The number of rotatable bonds is 3. The van der Waals surface area contributed by atoms with Crippen LogP contribution >= 0.6 is 15.9 Å². The molecule has 0 aliphatic carbocycles. The number of alkyl halides is 1. The Bertz CT molecular complexity index is 430. The number of hydrogen-bond donors (Lipinski definition) is 2. The highest BCUT2D eigenvalue weighted by molar-refractivity contribution is 9.10. The molecule has 0 fully saturated rings. The maximum atomic E-state index is 11.5. The molecule has 0 spiro atoms. The summed E-state index contributed by atoms with van der Waals surface area (Å²) in [5, 5.41) is 2.71. The molecule has 1 aromatic rings. The van der Waals surface area contributed by atoms with Crippen LogP contribution in [0.25, 0.3) is 0 Å². The van der Waals surface area contributed by atoms with E-state index >= 15 is 0 Å². The summed E-state index contributed by atoms with van der Waals surface area (Å²) in [6.45, 7) is 3.47. The Kier molecular flexibility index (Phi) is 4.06. The van der Waals surface area contributed by atoms with Gasteiger partial charge in [0.2, 0.25) is 11.8 Å². The Morgan fingerprint density at radius 3 is 2.56 bits per heavy atom. The molecule has 4 nitrogen and oxygen atoms in total. The third-order valence-electron chi connectivity index (χ3n) is 2.22. The molecule has 3 N–H and O–H groups in total. The summed E-state index contributed by atoms with van der Waals surface area (Å²) in [5.41, 5.74) is 6.91. The third kappa shape index (κ3) is 2.82. The highest BCUT2D eigenvalue weighted by Crippen LogP contribution is 2.19. The van der Waals surface area contributed by atoms with E-state index in [1.807, 2.05) is 0 Å². The Balaban J connectivity index is 3.02. The van der Waals surface area contributed by atoms with Gasteiger partial charge in [-0.15, -0.1) is 0 Å². The predicted molar refractivity (Wildman–Crippen MR) is 66.7 cm³/mol. The fourth-order valence-electron chi connectivity index (χ4n) is 1.27. The number of nitrogens with two attached hydrogens (primary N) is 1. The van der Waals surface area contributed by atoms with Gasteiger partial charge in [0.25, 0.3) is 0 Å². The SMILES string of the molecule is Cc1c(NC(=O)C(C)Br)cccc1C(N)=O. The zero-order valence-corrected chi connectivity index (χ0v) is 10.7. The minimum absolute atomic E-state index is 0.162. The van der Waals surface area contributed by atoms with Crippen LogP contribution in [0.3, 0.4) is 0 Å². The molecule has 0 aliphatic heterocycles. The van der Waals surface area contributed by atoms with Crippen molar-refractivity contribution in [3.63, 3.8) is 0 Å². The number of benzene rings is 1. The van der Waals surface area contributed by atoms with Crippen molar-refractivity contribution in [2.24, 2.45) is 5.73 Å². The van der Waals surface area contributed by atoms with Gasteiger partial charge in [0, 0.05) is 11.3 Å². The molecule has 0 bridgehead atoms. The van der Waals surface area contributed by atoms with Crippen molar-refractivity contribution in [1.29, 1.82) is 0 Å². The first kappa shape index (κ1) is 12.7. The average Bonchev–Trinajstić information content (AvgIpc) is 2.20. The second-order valence-corrected chi connectivity index (χ2v) is 4.82. The Labute approximate surface area is 102 Å². The minimum Gasteiger partial charge on any atom is -0.366 e. The third-order valence-corrected chi connectivity index (χ3v) is 2.63. The molecular formula is C11H13BrN2O2. The van der Waals surface area contributed by atoms with Gasteiger partial charge >= 0.3 is 0 Å². The fraction of sp³-hybridized carbons (Fsp3) is 0.273. The molecule has 5 heteroatoms. The molecule has 0 heterocycles. The van der Waals surface area contributed by atoms with E-state index in [2.05, 4.69) is 21.2 Å². The normalized spacial score (nSPS) is 11.9. The number of halogens is 1. The van der Waals surface area contributed by atoms with E-state index in [1.165, 1.54) is 0 Å². The number of primary amides is 1. The van der Waals surface area contributed by atoms with Crippen LogP contribution in [0.1, 0.15) is 22.8 Å². The van der Waals surface area contributed by atoms with Crippen LogP contribution < -0.4 is 11.1 Å². The molecule has 0 aliphatic rings. The predicted octanol–water partition coefficient (Wildman–Crippen LogP) is 1.82. The lowest BCUT2D eigenvalue weighted by atomic mass is 10.1. The Morgan fingerprint density at radius 1 is 1.44 bits per heavy atom. The van der Waals surface area contributed by atoms with Gasteiger partial charge in [0.05, 0.1) is 4.83 Å². The molecule has 16 heavy (non-hydrogen) atoms. The summed E-state index contributed by atoms with van der Waals surface area (Å²) >= 11 is 3.17. The van der Waals surface area contributed by atoms with Crippen molar-refractivity contribution in [3.8, 4) is 0 Å². The molecule has 0 aromatic heterocycles. The Hall–Kier alpha value is -1.36. The van der Waals surface area contributed by atoms with E-state index in [-0.39, 0.29) is 10.7 Å². The van der Waals surface area contributed by atoms with Gasteiger partial charge in [0.15, 0.2) is 0 Å². The van der Waals surface area contributed by atoms with E-state index in [0.717, 1.165) is 0 Å². The molecule has 86 valence electrons. The van der Waals surface area contributed by atoms with Crippen LogP contribution in [0.5, 0.6) is 0 Å². The van der Waals surface area contributed by atoms with Gasteiger partial charge in [-0.2, -0.15) is 0 Å². The number of carbonyl (C=O) groups excluding carboxylic acids is 2. The summed E-state index contributed by atoms with van der Waals surface area (Å²) in [7, 11) is 0. The zero-order valence-electron chi connectivity index (χ0n) is 9.08. The second kappa shape index (κ2) is 5.12. The van der Waals surface area contributed by atoms with Crippen molar-refractivity contribution in [1.82, 2.24) is 0 Å². The van der Waals surface area contributed by atoms with Gasteiger partial charge in [-0.3, -0.25) is 9.59 Å². The van der Waals surface area contributed by atoms with Crippen LogP contribution in [0.4, 0.5) is 5.69 Å². The summed E-state index contributed by atoms with van der Waals surface area (Å²) in [4.78, 5) is 22.3. The highest BCUT2D eigenvalue weighted by Gasteiger charge is 2.13. The lowest BCUT2D eigenvalue weighted by molar-refractivity contribution is -0.115. The van der Waals surface area contributed by atoms with Gasteiger partial charge in [-0.1, -0.05) is 22.0 Å². The van der Waals surface area contributed by atoms with Crippen molar-refractivity contribution < 1.29 is 9.59 Å². The smallest absolute Gasteiger partial charge is 0.249 e. The first-order valence-electron chi connectivity index (χ1n) is 4.78. The first-order chi connectivity index (χ1) is 7.43. The van der Waals surface area contributed by atoms with Gasteiger partial charge in [-0.05, 0) is 31.5 Å². The van der Waals surface area contributed by atoms with Crippen LogP contribution in [0.2, 0.25) is 0 Å². The maximum Gasteiger partial charge on any atom is 0.249 e. The molecule has 1 aromatic carbocycles. The summed E-state index contributed by atoms with van der Waals surface area (Å²) in [6.07, 6.45) is 0. The van der Waals surface area contributed by atoms with Gasteiger partial charge in [-0.25, -0.2) is 0 Å². The van der Waals surface area contributed by atoms with Crippen LogP contribution in [0.15, 0.2) is 18.2 Å². The number of amides is 2. The average molecular weight is 285 g/mol. The molecule has 2 amide bonds. The van der Waals surface area contributed by atoms with E-state index in [4.69, 9.17) is 5.73 Å². The largest absolute Gasteiger partial charge is 0.366 e. The van der Waals surface area contributed by atoms with Crippen LogP contribution in [-0.2, 0) is 4.79 Å². The first-order valence-corrected chi connectivity index (χ1v) is 5.69. The lowest BCUT2D eigenvalue weighted by Crippen LogP contribution is -2.21. The maximum absolute atomic E-state index is 11.5. The molecule has 1 atom stereocenters. The summed E-state index contributed by atoms with van der Waals surface area (Å²) < 4.78 is 0. The monoisotopic (exact) mass is 284 g/mol.